The maximum absolute atomic E-state index is 14.5. The highest BCUT2D eigenvalue weighted by Crippen LogP contribution is 2.34. The van der Waals surface area contributed by atoms with E-state index in [0.717, 1.165) is 0 Å². The second-order valence-corrected chi connectivity index (χ2v) is 7.30. The average molecular weight is 403 g/mol. The summed E-state index contributed by atoms with van der Waals surface area (Å²) in [6.07, 6.45) is 1.49. The van der Waals surface area contributed by atoms with Crippen LogP contribution in [0, 0.1) is 11.6 Å². The summed E-state index contributed by atoms with van der Waals surface area (Å²) in [6.45, 7) is 2.18. The molecule has 0 fully saturated rings. The number of nitrogens with two attached hydrogens (primary N) is 1. The fraction of sp³-hybridized carbons (Fsp3) is 0.200. The van der Waals surface area contributed by atoms with E-state index in [2.05, 4.69) is 15.3 Å². The molecule has 144 valence electrons. The highest BCUT2D eigenvalue weighted by atomic mass is 35.5. The number of hydrogen-bond donors (Lipinski definition) is 2. The number of nitrogens with zero attached hydrogens (tertiary/aromatic N) is 2. The Morgan fingerprint density at radius 2 is 2.04 bits per heavy atom. The number of aromatic nitrogens is 1. The minimum absolute atomic E-state index is 0.205. The van der Waals surface area contributed by atoms with E-state index in [1.54, 1.807) is 25.1 Å². The number of halogens is 3. The summed E-state index contributed by atoms with van der Waals surface area (Å²) in [7, 11) is 0. The number of ether oxygens (including phenoxy) is 1. The van der Waals surface area contributed by atoms with Crippen LogP contribution in [-0.4, -0.2) is 24.0 Å². The van der Waals surface area contributed by atoms with Gasteiger partial charge < -0.3 is 15.8 Å². The van der Waals surface area contributed by atoms with Crippen molar-refractivity contribution >= 4 is 39.7 Å². The minimum atomic E-state index is -0.945. The highest BCUT2D eigenvalue weighted by molar-refractivity contribution is 6.31. The van der Waals surface area contributed by atoms with Gasteiger partial charge in [-0.15, -0.1) is 0 Å². The fourth-order valence-corrected chi connectivity index (χ4v) is 3.49. The van der Waals surface area contributed by atoms with Crippen LogP contribution in [0.15, 0.2) is 47.6 Å². The molecule has 0 bridgehead atoms. The molecule has 1 atom stereocenters. The van der Waals surface area contributed by atoms with Crippen molar-refractivity contribution in [1.82, 2.24) is 4.98 Å². The van der Waals surface area contributed by atoms with Crippen molar-refractivity contribution in [3.8, 4) is 0 Å². The number of rotatable bonds is 3. The summed E-state index contributed by atoms with van der Waals surface area (Å²) in [5, 5.41) is 4.08. The van der Waals surface area contributed by atoms with E-state index in [9.17, 15) is 8.78 Å². The molecule has 1 aliphatic rings. The molecule has 1 aliphatic heterocycles. The molecule has 0 spiro atoms. The Morgan fingerprint density at radius 1 is 1.21 bits per heavy atom. The standard InChI is InChI=1S/C20H17ClF2N4O/c1-20(10-28-9-18(24)27-20)15-7-14(2-3-16(15)23)26-17-6-13(22)5-11-4-12(21)8-25-19(11)17/h2-8,26H,9-10H2,1H3,(H2,24,27). The predicted molar refractivity (Wildman–Crippen MR) is 106 cm³/mol. The third-order valence-corrected chi connectivity index (χ3v) is 4.77. The van der Waals surface area contributed by atoms with Crippen molar-refractivity contribution in [3.05, 3.63) is 64.8 Å². The first-order valence-electron chi connectivity index (χ1n) is 8.58. The van der Waals surface area contributed by atoms with E-state index in [0.29, 0.717) is 38.7 Å². The number of nitrogens with one attached hydrogen (secondary N) is 1. The number of amidine groups is 1. The number of benzene rings is 2. The molecular weight excluding hydrogens is 386 g/mol. The summed E-state index contributed by atoms with van der Waals surface area (Å²) in [5.74, 6) is -0.556. The van der Waals surface area contributed by atoms with E-state index < -0.39 is 17.2 Å². The molecule has 3 N–H and O–H groups in total. The van der Waals surface area contributed by atoms with Crippen molar-refractivity contribution in [2.75, 3.05) is 18.5 Å². The second kappa shape index (κ2) is 7.00. The lowest BCUT2D eigenvalue weighted by molar-refractivity contribution is 0.104. The first kappa shape index (κ1) is 18.6. The molecule has 2 heterocycles. The maximum Gasteiger partial charge on any atom is 0.129 e. The van der Waals surface area contributed by atoms with Crippen LogP contribution in [0.3, 0.4) is 0 Å². The highest BCUT2D eigenvalue weighted by Gasteiger charge is 2.32. The second-order valence-electron chi connectivity index (χ2n) is 6.87. The molecule has 8 heteroatoms. The van der Waals surface area contributed by atoms with Gasteiger partial charge in [-0.25, -0.2) is 8.78 Å². The Kier molecular flexibility index (Phi) is 4.64. The van der Waals surface area contributed by atoms with Crippen molar-refractivity contribution < 1.29 is 13.5 Å². The van der Waals surface area contributed by atoms with Gasteiger partial charge in [-0.2, -0.15) is 0 Å². The fourth-order valence-electron chi connectivity index (χ4n) is 3.33. The van der Waals surface area contributed by atoms with Crippen molar-refractivity contribution in [2.24, 2.45) is 10.7 Å². The van der Waals surface area contributed by atoms with E-state index in [1.165, 1.54) is 24.4 Å². The quantitative estimate of drug-likeness (QED) is 0.676. The number of aliphatic imine (C=N–C) groups is 1. The van der Waals surface area contributed by atoms with Gasteiger partial charge in [0.05, 0.1) is 22.8 Å². The summed E-state index contributed by atoms with van der Waals surface area (Å²) in [6, 6.07) is 8.82. The Hall–Kier alpha value is -2.77. The van der Waals surface area contributed by atoms with E-state index in [1.807, 2.05) is 0 Å². The lowest BCUT2D eigenvalue weighted by atomic mass is 9.91. The molecule has 0 radical (unpaired) electrons. The van der Waals surface area contributed by atoms with Gasteiger partial charge in [0.25, 0.3) is 0 Å². The molecule has 0 amide bonds. The lowest BCUT2D eigenvalue weighted by Gasteiger charge is -2.30. The van der Waals surface area contributed by atoms with Gasteiger partial charge in [-0.05, 0) is 43.3 Å². The molecule has 3 aromatic rings. The zero-order chi connectivity index (χ0) is 19.9. The predicted octanol–water partition coefficient (Wildman–Crippen LogP) is 4.51. The number of pyridine rings is 1. The van der Waals surface area contributed by atoms with Crippen LogP contribution in [0.25, 0.3) is 10.9 Å². The Labute approximate surface area is 165 Å². The molecule has 1 unspecified atom stereocenters. The van der Waals surface area contributed by atoms with Crippen LogP contribution in [0.5, 0.6) is 0 Å². The van der Waals surface area contributed by atoms with E-state index in [4.69, 9.17) is 22.1 Å². The average Bonchev–Trinajstić information content (AvgIpc) is 2.62. The minimum Gasteiger partial charge on any atom is -0.386 e. The number of anilines is 2. The SMILES string of the molecule is CC1(c2cc(Nc3cc(F)cc4cc(Cl)cnc34)ccc2F)COCC(N)=N1. The largest absolute Gasteiger partial charge is 0.386 e. The van der Waals surface area contributed by atoms with Crippen molar-refractivity contribution in [3.63, 3.8) is 0 Å². The summed E-state index contributed by atoms with van der Waals surface area (Å²) in [5.41, 5.74) is 6.71. The molecule has 5 nitrogen and oxygen atoms in total. The number of fused-ring (bicyclic) bond motifs is 1. The van der Waals surface area contributed by atoms with Gasteiger partial charge in [-0.1, -0.05) is 11.6 Å². The van der Waals surface area contributed by atoms with Crippen molar-refractivity contribution in [1.29, 1.82) is 0 Å². The lowest BCUT2D eigenvalue weighted by Crippen LogP contribution is -2.38. The van der Waals surface area contributed by atoms with Crippen LogP contribution < -0.4 is 11.1 Å². The van der Waals surface area contributed by atoms with Crippen LogP contribution >= 0.6 is 11.6 Å². The van der Waals surface area contributed by atoms with Crippen LogP contribution in [0.4, 0.5) is 20.2 Å². The van der Waals surface area contributed by atoms with Gasteiger partial charge in [0.2, 0.25) is 0 Å². The van der Waals surface area contributed by atoms with Gasteiger partial charge in [-0.3, -0.25) is 9.98 Å². The first-order chi connectivity index (χ1) is 13.3. The zero-order valence-corrected chi connectivity index (χ0v) is 15.7. The third kappa shape index (κ3) is 3.50. The normalized spacial score (nSPS) is 19.5. The molecule has 28 heavy (non-hydrogen) atoms. The molecule has 0 saturated carbocycles. The molecule has 0 saturated heterocycles. The van der Waals surface area contributed by atoms with Crippen molar-refractivity contribution in [2.45, 2.75) is 12.5 Å². The Bertz CT molecular complexity index is 1100. The van der Waals surface area contributed by atoms with Crippen LogP contribution in [0.1, 0.15) is 12.5 Å². The zero-order valence-electron chi connectivity index (χ0n) is 15.0. The molecule has 0 aliphatic carbocycles. The van der Waals surface area contributed by atoms with Gasteiger partial charge >= 0.3 is 0 Å². The van der Waals surface area contributed by atoms with Gasteiger partial charge in [0.15, 0.2) is 0 Å². The topological polar surface area (TPSA) is 72.5 Å². The van der Waals surface area contributed by atoms with E-state index in [-0.39, 0.29) is 13.2 Å². The summed E-state index contributed by atoms with van der Waals surface area (Å²) in [4.78, 5) is 8.66. The van der Waals surface area contributed by atoms with E-state index >= 15 is 0 Å². The molecule has 2 aromatic carbocycles. The molecule has 4 rings (SSSR count). The van der Waals surface area contributed by atoms with Gasteiger partial charge in [0, 0.05) is 22.8 Å². The third-order valence-electron chi connectivity index (χ3n) is 4.56. The first-order valence-corrected chi connectivity index (χ1v) is 8.96. The maximum atomic E-state index is 14.5. The molecular formula is C20H17ClF2N4O. The van der Waals surface area contributed by atoms with Crippen LogP contribution in [0.2, 0.25) is 5.02 Å². The monoisotopic (exact) mass is 402 g/mol. The molecule has 1 aromatic heterocycles. The summed E-state index contributed by atoms with van der Waals surface area (Å²) >= 11 is 5.95. The Morgan fingerprint density at radius 3 is 2.82 bits per heavy atom. The van der Waals surface area contributed by atoms with Crippen LogP contribution in [-0.2, 0) is 10.3 Å². The summed E-state index contributed by atoms with van der Waals surface area (Å²) < 4.78 is 34.0. The van der Waals surface area contributed by atoms with Gasteiger partial charge in [0.1, 0.15) is 29.6 Å². The number of hydrogen-bond acceptors (Lipinski definition) is 5. The Balaban J connectivity index is 1.76. The smallest absolute Gasteiger partial charge is 0.129 e.